The lowest BCUT2D eigenvalue weighted by Gasteiger charge is -2.36. The molecule has 0 radical (unpaired) electrons. The first kappa shape index (κ1) is 21.7. The second-order valence-corrected chi connectivity index (χ2v) is 9.23. The summed E-state index contributed by atoms with van der Waals surface area (Å²) in [6, 6.07) is 16.0. The molecular weight excluding hydrogens is 436 g/mol. The summed E-state index contributed by atoms with van der Waals surface area (Å²) in [5.41, 5.74) is 2.95. The number of benzene rings is 2. The standard InChI is InChI=1S/C24H28N6O2S/c1-32-20-10-5-4-9-19(20)29-14-12-28(13-15-29)11-6-16-33-24-27-21-17-7-2-3-8-18(17)26-22(21)23(31)30(24)25/h2-5,7-10,26H,6,11-16,25H2,1H3. The van der Waals surface area contributed by atoms with Crippen molar-refractivity contribution in [2.24, 2.45) is 0 Å². The van der Waals surface area contributed by atoms with E-state index in [9.17, 15) is 4.79 Å². The van der Waals surface area contributed by atoms with Gasteiger partial charge in [-0.05, 0) is 31.2 Å². The molecule has 1 fully saturated rings. The first-order valence-corrected chi connectivity index (χ1v) is 12.2. The molecule has 9 heteroatoms. The minimum atomic E-state index is -0.244. The van der Waals surface area contributed by atoms with Gasteiger partial charge in [-0.1, -0.05) is 42.1 Å². The smallest absolute Gasteiger partial charge is 0.296 e. The molecule has 8 nitrogen and oxygen atoms in total. The van der Waals surface area contributed by atoms with Crippen LogP contribution in [0.5, 0.6) is 5.75 Å². The number of hydrogen-bond acceptors (Lipinski definition) is 7. The Bertz CT molecular complexity index is 1330. The Morgan fingerprint density at radius 2 is 1.85 bits per heavy atom. The molecule has 0 unspecified atom stereocenters. The van der Waals surface area contributed by atoms with Crippen molar-refractivity contribution >= 4 is 39.4 Å². The number of nitrogens with zero attached hydrogens (tertiary/aromatic N) is 4. The molecule has 0 amide bonds. The largest absolute Gasteiger partial charge is 0.495 e. The van der Waals surface area contributed by atoms with Gasteiger partial charge in [0, 0.05) is 42.8 Å². The van der Waals surface area contributed by atoms with E-state index in [1.165, 1.54) is 11.8 Å². The average molecular weight is 465 g/mol. The first-order valence-electron chi connectivity index (χ1n) is 11.2. The van der Waals surface area contributed by atoms with Crippen LogP contribution in [0.1, 0.15) is 6.42 Å². The van der Waals surface area contributed by atoms with E-state index in [4.69, 9.17) is 15.6 Å². The monoisotopic (exact) mass is 464 g/mol. The van der Waals surface area contributed by atoms with Crippen LogP contribution < -0.4 is 21.0 Å². The number of nitrogens with two attached hydrogens (primary N) is 1. The van der Waals surface area contributed by atoms with Crippen LogP contribution in [-0.2, 0) is 0 Å². The van der Waals surface area contributed by atoms with Gasteiger partial charge in [0.15, 0.2) is 5.16 Å². The summed E-state index contributed by atoms with van der Waals surface area (Å²) >= 11 is 1.54. The molecule has 1 aliphatic heterocycles. The molecule has 0 saturated carbocycles. The molecule has 2 aromatic carbocycles. The summed E-state index contributed by atoms with van der Waals surface area (Å²) in [5, 5.41) is 1.50. The normalized spacial score (nSPS) is 14.9. The third kappa shape index (κ3) is 4.26. The number of anilines is 1. The van der Waals surface area contributed by atoms with Crippen molar-refractivity contribution in [1.29, 1.82) is 0 Å². The van der Waals surface area contributed by atoms with E-state index in [0.29, 0.717) is 16.2 Å². The summed E-state index contributed by atoms with van der Waals surface area (Å²) in [6.45, 7) is 5.01. The molecule has 3 heterocycles. The summed E-state index contributed by atoms with van der Waals surface area (Å²) in [5.74, 6) is 7.84. The fourth-order valence-corrected chi connectivity index (χ4v) is 5.25. The van der Waals surface area contributed by atoms with Crippen molar-refractivity contribution in [2.75, 3.05) is 56.3 Å². The SMILES string of the molecule is COc1ccccc1N1CCN(CCCSc2nc3c([nH]c4ccccc43)c(=O)n2N)CC1. The summed E-state index contributed by atoms with van der Waals surface area (Å²) in [6.07, 6.45) is 1.00. The highest BCUT2D eigenvalue weighted by molar-refractivity contribution is 7.99. The van der Waals surface area contributed by atoms with Gasteiger partial charge in [0.05, 0.1) is 12.8 Å². The highest BCUT2D eigenvalue weighted by atomic mass is 32.2. The molecule has 0 atom stereocenters. The van der Waals surface area contributed by atoms with Crippen molar-refractivity contribution in [3.8, 4) is 5.75 Å². The van der Waals surface area contributed by atoms with Crippen LogP contribution in [0.4, 0.5) is 5.69 Å². The van der Waals surface area contributed by atoms with Gasteiger partial charge < -0.3 is 20.5 Å². The zero-order valence-corrected chi connectivity index (χ0v) is 19.5. The second-order valence-electron chi connectivity index (χ2n) is 8.17. The Kier molecular flexibility index (Phi) is 6.15. The number of nitrogens with one attached hydrogen (secondary N) is 1. The highest BCUT2D eigenvalue weighted by Gasteiger charge is 2.19. The Balaban J connectivity index is 1.17. The number of ether oxygens (including phenoxy) is 1. The summed E-state index contributed by atoms with van der Waals surface area (Å²) < 4.78 is 6.67. The number of piperazine rings is 1. The number of aromatic nitrogens is 3. The van der Waals surface area contributed by atoms with E-state index >= 15 is 0 Å². The van der Waals surface area contributed by atoms with Crippen LogP contribution in [-0.4, -0.2) is 65.1 Å². The van der Waals surface area contributed by atoms with Crippen LogP contribution in [0.15, 0.2) is 58.5 Å². The van der Waals surface area contributed by atoms with Gasteiger partial charge in [0.25, 0.3) is 5.56 Å². The van der Waals surface area contributed by atoms with Crippen molar-refractivity contribution in [3.63, 3.8) is 0 Å². The van der Waals surface area contributed by atoms with Crippen LogP contribution >= 0.6 is 11.8 Å². The predicted octanol–water partition coefficient (Wildman–Crippen LogP) is 2.90. The fourth-order valence-electron chi connectivity index (χ4n) is 4.41. The Hall–Kier alpha value is -3.17. The number of aromatic amines is 1. The lowest BCUT2D eigenvalue weighted by Crippen LogP contribution is -2.46. The molecule has 0 spiro atoms. The number of para-hydroxylation sites is 3. The van der Waals surface area contributed by atoms with Gasteiger partial charge in [-0.25, -0.2) is 9.66 Å². The Morgan fingerprint density at radius 1 is 1.09 bits per heavy atom. The minimum Gasteiger partial charge on any atom is -0.495 e. The number of nitrogen functional groups attached to an aromatic ring is 1. The van der Waals surface area contributed by atoms with E-state index in [2.05, 4.69) is 26.9 Å². The molecule has 3 N–H and O–H groups in total. The summed E-state index contributed by atoms with van der Waals surface area (Å²) in [7, 11) is 1.72. The maximum Gasteiger partial charge on any atom is 0.296 e. The lowest BCUT2D eigenvalue weighted by atomic mass is 10.2. The average Bonchev–Trinajstić information content (AvgIpc) is 3.24. The number of rotatable bonds is 7. The number of H-pyrrole nitrogens is 1. The number of hydrogen-bond donors (Lipinski definition) is 2. The van der Waals surface area contributed by atoms with E-state index < -0.39 is 0 Å². The summed E-state index contributed by atoms with van der Waals surface area (Å²) in [4.78, 5) is 25.4. The van der Waals surface area contributed by atoms with Gasteiger partial charge >= 0.3 is 0 Å². The van der Waals surface area contributed by atoms with Crippen molar-refractivity contribution in [2.45, 2.75) is 11.6 Å². The maximum atomic E-state index is 12.7. The molecule has 0 bridgehead atoms. The quantitative estimate of drug-likeness (QED) is 0.188. The van der Waals surface area contributed by atoms with Crippen molar-refractivity contribution < 1.29 is 4.74 Å². The third-order valence-electron chi connectivity index (χ3n) is 6.17. The molecule has 2 aromatic heterocycles. The van der Waals surface area contributed by atoms with E-state index in [0.717, 1.165) is 71.9 Å². The highest BCUT2D eigenvalue weighted by Crippen LogP contribution is 2.28. The minimum absolute atomic E-state index is 0.244. The van der Waals surface area contributed by atoms with Crippen LogP contribution in [0.25, 0.3) is 21.9 Å². The van der Waals surface area contributed by atoms with Gasteiger partial charge in [-0.15, -0.1) is 0 Å². The molecule has 0 aliphatic carbocycles. The molecule has 5 rings (SSSR count). The van der Waals surface area contributed by atoms with Crippen LogP contribution in [0, 0.1) is 0 Å². The van der Waals surface area contributed by atoms with E-state index in [1.807, 2.05) is 36.4 Å². The topological polar surface area (TPSA) is 92.4 Å². The van der Waals surface area contributed by atoms with Crippen LogP contribution in [0.3, 0.4) is 0 Å². The number of thioether (sulfide) groups is 1. The molecule has 1 saturated heterocycles. The van der Waals surface area contributed by atoms with Gasteiger partial charge in [-0.2, -0.15) is 0 Å². The Labute approximate surface area is 196 Å². The third-order valence-corrected chi connectivity index (χ3v) is 7.21. The van der Waals surface area contributed by atoms with Crippen LogP contribution in [0.2, 0.25) is 0 Å². The zero-order valence-electron chi connectivity index (χ0n) is 18.7. The van der Waals surface area contributed by atoms with Gasteiger partial charge in [0.2, 0.25) is 0 Å². The van der Waals surface area contributed by atoms with Crippen molar-refractivity contribution in [1.82, 2.24) is 19.5 Å². The molecule has 4 aromatic rings. The van der Waals surface area contributed by atoms with E-state index in [1.54, 1.807) is 7.11 Å². The Morgan fingerprint density at radius 3 is 2.67 bits per heavy atom. The second kappa shape index (κ2) is 9.36. The van der Waals surface area contributed by atoms with Gasteiger partial charge in [-0.3, -0.25) is 9.69 Å². The maximum absolute atomic E-state index is 12.7. The van der Waals surface area contributed by atoms with Gasteiger partial charge in [0.1, 0.15) is 16.8 Å². The van der Waals surface area contributed by atoms with Crippen molar-refractivity contribution in [3.05, 3.63) is 58.9 Å². The fraction of sp³-hybridized carbons (Fsp3) is 0.333. The lowest BCUT2D eigenvalue weighted by molar-refractivity contribution is 0.258. The first-order chi connectivity index (χ1) is 16.2. The molecule has 1 aliphatic rings. The molecule has 172 valence electrons. The van der Waals surface area contributed by atoms with E-state index in [-0.39, 0.29) is 5.56 Å². The predicted molar refractivity (Wildman–Crippen MR) is 135 cm³/mol. The number of methoxy groups -OCH3 is 1. The molecule has 33 heavy (non-hydrogen) atoms. The molecular formula is C24H28N6O2S. The zero-order chi connectivity index (χ0) is 22.8. The number of fused-ring (bicyclic) bond motifs is 3.